The Bertz CT molecular complexity index is 843. The molecule has 0 saturated carbocycles. The highest BCUT2D eigenvalue weighted by atomic mass is 35.5. The van der Waals surface area contributed by atoms with Gasteiger partial charge in [-0.05, 0) is 48.1 Å². The van der Waals surface area contributed by atoms with Gasteiger partial charge in [-0.1, -0.05) is 6.07 Å². The van der Waals surface area contributed by atoms with Gasteiger partial charge in [-0.25, -0.2) is 0 Å². The van der Waals surface area contributed by atoms with Crippen molar-refractivity contribution in [2.45, 2.75) is 31.6 Å². The number of carbonyl (C=O) groups excluding carboxylic acids is 2. The van der Waals surface area contributed by atoms with Crippen molar-refractivity contribution in [2.75, 3.05) is 11.9 Å². The summed E-state index contributed by atoms with van der Waals surface area (Å²) in [6.07, 6.45) is -3.42. The van der Waals surface area contributed by atoms with Crippen LogP contribution >= 0.6 is 23.7 Å². The highest BCUT2D eigenvalue weighted by Crippen LogP contribution is 2.32. The molecular formula is C18H19ClF3N3O2S. The van der Waals surface area contributed by atoms with E-state index in [9.17, 15) is 22.8 Å². The summed E-state index contributed by atoms with van der Waals surface area (Å²) < 4.78 is 39.1. The number of likely N-dealkylation sites (tertiary alicyclic amines) is 1. The first kappa shape index (κ1) is 22.2. The van der Waals surface area contributed by atoms with Crippen LogP contribution in [0.4, 0.5) is 18.9 Å². The summed E-state index contributed by atoms with van der Waals surface area (Å²) in [4.78, 5) is 27.2. The first-order chi connectivity index (χ1) is 12.8. The van der Waals surface area contributed by atoms with Crippen molar-refractivity contribution < 1.29 is 22.8 Å². The van der Waals surface area contributed by atoms with Gasteiger partial charge in [0.2, 0.25) is 5.91 Å². The Morgan fingerprint density at radius 2 is 2.04 bits per heavy atom. The zero-order valence-corrected chi connectivity index (χ0v) is 16.3. The summed E-state index contributed by atoms with van der Waals surface area (Å²) in [5, 5.41) is 4.29. The second-order valence-corrected chi connectivity index (χ2v) is 7.19. The minimum atomic E-state index is -4.54. The molecule has 2 heterocycles. The molecule has 1 saturated heterocycles. The standard InChI is InChI=1S/C18H18F3N3O2S.ClH/c19-18(20,21)12-7-11(10-22)8-13(9-12)23-16(25)14-3-1-5-24(14)17(26)15-4-2-6-27-15;/h2,4,6-9,14H,1,3,5,10,22H2,(H,23,25);1H. The van der Waals surface area contributed by atoms with Crippen molar-refractivity contribution in [2.24, 2.45) is 5.73 Å². The lowest BCUT2D eigenvalue weighted by Crippen LogP contribution is -2.43. The molecule has 10 heteroatoms. The van der Waals surface area contributed by atoms with Crippen molar-refractivity contribution >= 4 is 41.2 Å². The minimum Gasteiger partial charge on any atom is -0.326 e. The van der Waals surface area contributed by atoms with E-state index in [1.54, 1.807) is 17.5 Å². The Morgan fingerprint density at radius 1 is 1.29 bits per heavy atom. The summed E-state index contributed by atoms with van der Waals surface area (Å²) in [5.74, 6) is -0.742. The highest BCUT2D eigenvalue weighted by Gasteiger charge is 2.35. The number of nitrogens with one attached hydrogen (secondary N) is 1. The van der Waals surface area contributed by atoms with E-state index < -0.39 is 23.7 Å². The third-order valence-electron chi connectivity index (χ3n) is 4.37. The molecule has 0 spiro atoms. The van der Waals surface area contributed by atoms with Gasteiger partial charge >= 0.3 is 6.18 Å². The number of amides is 2. The molecule has 28 heavy (non-hydrogen) atoms. The van der Waals surface area contributed by atoms with Gasteiger partial charge in [0.05, 0.1) is 10.4 Å². The van der Waals surface area contributed by atoms with Crippen LogP contribution in [-0.4, -0.2) is 29.3 Å². The molecule has 2 aromatic rings. The maximum absolute atomic E-state index is 13.0. The second-order valence-electron chi connectivity index (χ2n) is 6.24. The number of alkyl halides is 3. The fourth-order valence-electron chi connectivity index (χ4n) is 3.10. The predicted octanol–water partition coefficient (Wildman–Crippen LogP) is 3.89. The van der Waals surface area contributed by atoms with Crippen molar-refractivity contribution in [3.63, 3.8) is 0 Å². The summed E-state index contributed by atoms with van der Waals surface area (Å²) in [5.41, 5.74) is 4.87. The lowest BCUT2D eigenvalue weighted by Gasteiger charge is -2.23. The van der Waals surface area contributed by atoms with Crippen molar-refractivity contribution in [3.8, 4) is 0 Å². The second kappa shape index (κ2) is 8.93. The average molecular weight is 434 g/mol. The number of hydrogen-bond donors (Lipinski definition) is 2. The Labute approximate surface area is 170 Å². The van der Waals surface area contributed by atoms with Crippen LogP contribution in [0.5, 0.6) is 0 Å². The Morgan fingerprint density at radius 3 is 2.64 bits per heavy atom. The first-order valence-corrected chi connectivity index (χ1v) is 9.24. The van der Waals surface area contributed by atoms with E-state index in [0.717, 1.165) is 12.1 Å². The normalized spacial score (nSPS) is 16.6. The lowest BCUT2D eigenvalue weighted by molar-refractivity contribution is -0.137. The number of hydrogen-bond acceptors (Lipinski definition) is 4. The molecule has 1 unspecified atom stereocenters. The van der Waals surface area contributed by atoms with Gasteiger partial charge in [0.15, 0.2) is 0 Å². The van der Waals surface area contributed by atoms with Gasteiger partial charge in [0.1, 0.15) is 6.04 Å². The Balaban J connectivity index is 0.00000280. The average Bonchev–Trinajstić information content (AvgIpc) is 3.31. The topological polar surface area (TPSA) is 75.4 Å². The van der Waals surface area contributed by atoms with Gasteiger partial charge in [-0.15, -0.1) is 23.7 Å². The van der Waals surface area contributed by atoms with Crippen LogP contribution in [0.1, 0.15) is 33.6 Å². The highest BCUT2D eigenvalue weighted by molar-refractivity contribution is 7.12. The monoisotopic (exact) mass is 433 g/mol. The molecule has 1 aliphatic rings. The van der Waals surface area contributed by atoms with E-state index in [4.69, 9.17) is 5.73 Å². The lowest BCUT2D eigenvalue weighted by atomic mass is 10.1. The fourth-order valence-corrected chi connectivity index (χ4v) is 3.77. The number of carbonyl (C=O) groups is 2. The number of rotatable bonds is 4. The van der Waals surface area contributed by atoms with E-state index in [1.165, 1.54) is 22.3 Å². The van der Waals surface area contributed by atoms with E-state index in [-0.39, 0.29) is 36.1 Å². The third kappa shape index (κ3) is 4.84. The van der Waals surface area contributed by atoms with E-state index in [2.05, 4.69) is 5.32 Å². The molecule has 2 amide bonds. The fraction of sp³-hybridized carbons (Fsp3) is 0.333. The van der Waals surface area contributed by atoms with Crippen LogP contribution < -0.4 is 11.1 Å². The van der Waals surface area contributed by atoms with E-state index in [1.807, 2.05) is 0 Å². The molecule has 1 aromatic heterocycles. The van der Waals surface area contributed by atoms with Crippen LogP contribution in [0.15, 0.2) is 35.7 Å². The summed E-state index contributed by atoms with van der Waals surface area (Å²) in [6.45, 7) is 0.352. The number of anilines is 1. The van der Waals surface area contributed by atoms with E-state index in [0.29, 0.717) is 24.3 Å². The molecule has 0 aliphatic carbocycles. The largest absolute Gasteiger partial charge is 0.416 e. The van der Waals surface area contributed by atoms with Crippen LogP contribution in [0, 0.1) is 0 Å². The Kier molecular flexibility index (Phi) is 7.08. The summed E-state index contributed by atoms with van der Waals surface area (Å²) in [7, 11) is 0. The van der Waals surface area contributed by atoms with Crippen molar-refractivity contribution in [3.05, 3.63) is 51.7 Å². The van der Waals surface area contributed by atoms with Crippen molar-refractivity contribution in [1.82, 2.24) is 4.90 Å². The van der Waals surface area contributed by atoms with Crippen molar-refractivity contribution in [1.29, 1.82) is 0 Å². The minimum absolute atomic E-state index is 0. The van der Waals surface area contributed by atoms with Crippen LogP contribution in [0.25, 0.3) is 0 Å². The quantitative estimate of drug-likeness (QED) is 0.768. The zero-order valence-electron chi connectivity index (χ0n) is 14.7. The maximum atomic E-state index is 13.0. The molecule has 3 rings (SSSR count). The Hall–Kier alpha value is -2.10. The molecule has 3 N–H and O–H groups in total. The SMILES string of the molecule is Cl.NCc1cc(NC(=O)C2CCCN2C(=O)c2cccs2)cc(C(F)(F)F)c1. The van der Waals surface area contributed by atoms with Crippen LogP contribution in [-0.2, 0) is 17.5 Å². The van der Waals surface area contributed by atoms with Gasteiger partial charge in [-0.2, -0.15) is 13.2 Å². The number of nitrogens with zero attached hydrogens (tertiary/aromatic N) is 1. The summed E-state index contributed by atoms with van der Waals surface area (Å²) in [6, 6.07) is 5.96. The van der Waals surface area contributed by atoms with Gasteiger partial charge < -0.3 is 16.0 Å². The number of nitrogens with two attached hydrogens (primary N) is 1. The molecule has 1 aromatic carbocycles. The van der Waals surface area contributed by atoms with Gasteiger partial charge in [0.25, 0.3) is 5.91 Å². The van der Waals surface area contributed by atoms with Crippen LogP contribution in [0.3, 0.4) is 0 Å². The van der Waals surface area contributed by atoms with Gasteiger partial charge in [0, 0.05) is 18.8 Å². The predicted molar refractivity (Wildman–Crippen MR) is 104 cm³/mol. The summed E-state index contributed by atoms with van der Waals surface area (Å²) >= 11 is 1.28. The molecular weight excluding hydrogens is 415 g/mol. The molecule has 1 aliphatic heterocycles. The number of thiophene rings is 1. The van der Waals surface area contributed by atoms with Crippen LogP contribution in [0.2, 0.25) is 0 Å². The first-order valence-electron chi connectivity index (χ1n) is 8.36. The molecule has 1 fully saturated rings. The number of halogens is 4. The maximum Gasteiger partial charge on any atom is 0.416 e. The smallest absolute Gasteiger partial charge is 0.326 e. The number of benzene rings is 1. The zero-order chi connectivity index (χ0) is 19.6. The molecule has 5 nitrogen and oxygen atoms in total. The van der Waals surface area contributed by atoms with E-state index >= 15 is 0 Å². The molecule has 0 radical (unpaired) electrons. The molecule has 0 bridgehead atoms. The van der Waals surface area contributed by atoms with Gasteiger partial charge in [-0.3, -0.25) is 9.59 Å². The molecule has 1 atom stereocenters. The third-order valence-corrected chi connectivity index (χ3v) is 5.23. The molecule has 152 valence electrons.